The minimum absolute atomic E-state index is 0.466. The van der Waals surface area contributed by atoms with Crippen LogP contribution < -0.4 is 0 Å². The molecule has 4 heteroatoms. The summed E-state index contributed by atoms with van der Waals surface area (Å²) in [5.74, 6) is 0.778. The van der Waals surface area contributed by atoms with Crippen LogP contribution in [0.15, 0.2) is 53.1 Å². The van der Waals surface area contributed by atoms with Gasteiger partial charge in [-0.15, -0.1) is 0 Å². The van der Waals surface area contributed by atoms with E-state index in [1.54, 1.807) is 0 Å². The van der Waals surface area contributed by atoms with Gasteiger partial charge in [-0.3, -0.25) is 9.20 Å². The second-order valence-corrected chi connectivity index (χ2v) is 4.82. The van der Waals surface area contributed by atoms with Gasteiger partial charge >= 0.3 is 0 Å². The van der Waals surface area contributed by atoms with Crippen LogP contribution in [0.1, 0.15) is 10.5 Å². The summed E-state index contributed by atoms with van der Waals surface area (Å²) in [4.78, 5) is 15.4. The molecule has 88 valence electrons. The molecule has 18 heavy (non-hydrogen) atoms. The fraction of sp³-hybridized carbons (Fsp3) is 0. The van der Waals surface area contributed by atoms with Crippen LogP contribution in [-0.2, 0) is 0 Å². The Bertz CT molecular complexity index is 716. The highest BCUT2D eigenvalue weighted by atomic mass is 79.9. The van der Waals surface area contributed by atoms with Gasteiger partial charge in [0.1, 0.15) is 11.5 Å². The standard InChI is InChI=1S/C14H9BrN2O/c15-11-6-4-10(5-7-11)14-16-12(9-18)13-3-1-2-8-17(13)14/h1-9H. The summed E-state index contributed by atoms with van der Waals surface area (Å²) in [6, 6.07) is 13.6. The quantitative estimate of drug-likeness (QED) is 0.678. The van der Waals surface area contributed by atoms with Crippen molar-refractivity contribution in [3.8, 4) is 11.4 Å². The van der Waals surface area contributed by atoms with Crippen LogP contribution >= 0.6 is 15.9 Å². The number of imidazole rings is 1. The Morgan fingerprint density at radius 1 is 1.11 bits per heavy atom. The van der Waals surface area contributed by atoms with Crippen LogP contribution in [-0.4, -0.2) is 15.7 Å². The predicted molar refractivity (Wildman–Crippen MR) is 73.7 cm³/mol. The number of rotatable bonds is 2. The Labute approximate surface area is 112 Å². The maximum absolute atomic E-state index is 11.0. The molecule has 0 fully saturated rings. The molecule has 0 aliphatic heterocycles. The summed E-state index contributed by atoms with van der Waals surface area (Å²) in [7, 11) is 0. The van der Waals surface area contributed by atoms with Gasteiger partial charge in [-0.2, -0.15) is 0 Å². The Morgan fingerprint density at radius 2 is 1.89 bits per heavy atom. The van der Waals surface area contributed by atoms with Crippen molar-refractivity contribution in [2.45, 2.75) is 0 Å². The smallest absolute Gasteiger partial charge is 0.170 e. The monoisotopic (exact) mass is 300 g/mol. The van der Waals surface area contributed by atoms with E-state index in [0.717, 1.165) is 27.7 Å². The van der Waals surface area contributed by atoms with E-state index in [1.807, 2.05) is 53.1 Å². The van der Waals surface area contributed by atoms with E-state index in [4.69, 9.17) is 0 Å². The van der Waals surface area contributed by atoms with Crippen molar-refractivity contribution in [3.05, 3.63) is 58.8 Å². The van der Waals surface area contributed by atoms with E-state index >= 15 is 0 Å². The van der Waals surface area contributed by atoms with Gasteiger partial charge in [0.25, 0.3) is 0 Å². The molecule has 2 heterocycles. The second kappa shape index (κ2) is 4.38. The Kier molecular flexibility index (Phi) is 2.72. The fourth-order valence-electron chi connectivity index (χ4n) is 1.95. The Balaban J connectivity index is 2.29. The highest BCUT2D eigenvalue weighted by molar-refractivity contribution is 9.10. The number of halogens is 1. The number of aldehydes is 1. The Hall–Kier alpha value is -1.94. The number of carbonyl (C=O) groups excluding carboxylic acids is 1. The van der Waals surface area contributed by atoms with Gasteiger partial charge in [0.15, 0.2) is 6.29 Å². The SMILES string of the molecule is O=Cc1nc(-c2ccc(Br)cc2)n2ccccc12. The topological polar surface area (TPSA) is 34.4 Å². The average Bonchev–Trinajstić information content (AvgIpc) is 2.79. The Morgan fingerprint density at radius 3 is 2.61 bits per heavy atom. The van der Waals surface area contributed by atoms with E-state index in [0.29, 0.717) is 5.69 Å². The third-order valence-electron chi connectivity index (χ3n) is 2.79. The number of hydrogen-bond donors (Lipinski definition) is 0. The highest BCUT2D eigenvalue weighted by Crippen LogP contribution is 2.23. The summed E-state index contributed by atoms with van der Waals surface area (Å²) < 4.78 is 2.94. The molecular weight excluding hydrogens is 292 g/mol. The average molecular weight is 301 g/mol. The normalized spacial score (nSPS) is 10.7. The zero-order valence-electron chi connectivity index (χ0n) is 9.38. The molecule has 0 atom stereocenters. The largest absolute Gasteiger partial charge is 0.299 e. The van der Waals surface area contributed by atoms with Crippen molar-refractivity contribution in [1.82, 2.24) is 9.38 Å². The van der Waals surface area contributed by atoms with E-state index in [1.165, 1.54) is 0 Å². The van der Waals surface area contributed by atoms with Crippen LogP contribution in [0.2, 0.25) is 0 Å². The lowest BCUT2D eigenvalue weighted by Crippen LogP contribution is -1.87. The number of nitrogens with zero attached hydrogens (tertiary/aromatic N) is 2. The number of pyridine rings is 1. The van der Waals surface area contributed by atoms with Crippen molar-refractivity contribution in [3.63, 3.8) is 0 Å². The molecule has 1 aromatic carbocycles. The number of carbonyl (C=O) groups is 1. The van der Waals surface area contributed by atoms with Gasteiger partial charge in [0.2, 0.25) is 0 Å². The van der Waals surface area contributed by atoms with Crippen LogP contribution in [0.4, 0.5) is 0 Å². The first-order valence-electron chi connectivity index (χ1n) is 5.48. The molecule has 2 aromatic heterocycles. The van der Waals surface area contributed by atoms with E-state index in [-0.39, 0.29) is 0 Å². The van der Waals surface area contributed by atoms with Crippen molar-refractivity contribution in [2.24, 2.45) is 0 Å². The van der Waals surface area contributed by atoms with Crippen LogP contribution in [0.25, 0.3) is 16.9 Å². The van der Waals surface area contributed by atoms with E-state index in [2.05, 4.69) is 20.9 Å². The van der Waals surface area contributed by atoms with Gasteiger partial charge in [0, 0.05) is 16.2 Å². The molecule has 0 radical (unpaired) electrons. The number of benzene rings is 1. The molecule has 0 amide bonds. The molecular formula is C14H9BrN2O. The lowest BCUT2D eigenvalue weighted by Gasteiger charge is -2.00. The minimum Gasteiger partial charge on any atom is -0.299 e. The van der Waals surface area contributed by atoms with Crippen LogP contribution in [0.3, 0.4) is 0 Å². The predicted octanol–water partition coefficient (Wildman–Crippen LogP) is 3.58. The zero-order chi connectivity index (χ0) is 12.5. The minimum atomic E-state index is 0.466. The van der Waals surface area contributed by atoms with Crippen LogP contribution in [0, 0.1) is 0 Å². The molecule has 0 unspecified atom stereocenters. The van der Waals surface area contributed by atoms with Crippen molar-refractivity contribution in [1.29, 1.82) is 0 Å². The molecule has 3 rings (SSSR count). The van der Waals surface area contributed by atoms with Gasteiger partial charge in [0.05, 0.1) is 5.52 Å². The molecule has 0 aliphatic rings. The lowest BCUT2D eigenvalue weighted by molar-refractivity contribution is 0.112. The maximum Gasteiger partial charge on any atom is 0.170 e. The number of fused-ring (bicyclic) bond motifs is 1. The van der Waals surface area contributed by atoms with Gasteiger partial charge in [-0.1, -0.05) is 34.1 Å². The van der Waals surface area contributed by atoms with E-state index < -0.39 is 0 Å². The van der Waals surface area contributed by atoms with Crippen molar-refractivity contribution in [2.75, 3.05) is 0 Å². The molecule has 0 spiro atoms. The number of hydrogen-bond acceptors (Lipinski definition) is 2. The van der Waals surface area contributed by atoms with Gasteiger partial charge < -0.3 is 0 Å². The summed E-state index contributed by atoms with van der Waals surface area (Å²) in [5, 5.41) is 0. The van der Waals surface area contributed by atoms with Crippen molar-refractivity contribution < 1.29 is 4.79 Å². The molecule has 3 aromatic rings. The summed E-state index contributed by atoms with van der Waals surface area (Å²) in [6.45, 7) is 0. The summed E-state index contributed by atoms with van der Waals surface area (Å²) in [6.07, 6.45) is 2.70. The molecule has 3 nitrogen and oxygen atoms in total. The summed E-state index contributed by atoms with van der Waals surface area (Å²) in [5.41, 5.74) is 2.27. The third kappa shape index (κ3) is 1.75. The van der Waals surface area contributed by atoms with Gasteiger partial charge in [-0.05, 0) is 24.3 Å². The summed E-state index contributed by atoms with van der Waals surface area (Å²) >= 11 is 3.40. The third-order valence-corrected chi connectivity index (χ3v) is 3.32. The first-order valence-corrected chi connectivity index (χ1v) is 6.27. The second-order valence-electron chi connectivity index (χ2n) is 3.90. The first kappa shape index (κ1) is 11.2. The molecule has 0 bridgehead atoms. The zero-order valence-corrected chi connectivity index (χ0v) is 11.0. The number of aromatic nitrogens is 2. The molecule has 0 N–H and O–H groups in total. The molecule has 0 aliphatic carbocycles. The fourth-order valence-corrected chi connectivity index (χ4v) is 2.22. The molecule has 0 saturated heterocycles. The van der Waals surface area contributed by atoms with E-state index in [9.17, 15) is 4.79 Å². The molecule has 0 saturated carbocycles. The van der Waals surface area contributed by atoms with Crippen molar-refractivity contribution >= 4 is 27.7 Å². The van der Waals surface area contributed by atoms with Crippen LogP contribution in [0.5, 0.6) is 0 Å². The van der Waals surface area contributed by atoms with Gasteiger partial charge in [-0.25, -0.2) is 4.98 Å². The first-order chi connectivity index (χ1) is 8.79. The highest BCUT2D eigenvalue weighted by Gasteiger charge is 2.11. The maximum atomic E-state index is 11.0. The lowest BCUT2D eigenvalue weighted by atomic mass is 10.2.